The Kier molecular flexibility index (Phi) is 4.66. The molecule has 2 aliphatic rings. The number of methoxy groups -OCH3 is 2. The van der Waals surface area contributed by atoms with Crippen LogP contribution in [0.3, 0.4) is 0 Å². The number of para-hydroxylation sites is 1. The molecule has 5 rings (SSSR count). The van der Waals surface area contributed by atoms with Gasteiger partial charge in [0.15, 0.2) is 11.5 Å². The van der Waals surface area contributed by atoms with Crippen LogP contribution in [-0.4, -0.2) is 49.5 Å². The van der Waals surface area contributed by atoms with E-state index in [1.807, 2.05) is 30.3 Å². The van der Waals surface area contributed by atoms with Gasteiger partial charge < -0.3 is 24.8 Å². The first kappa shape index (κ1) is 19.0. The largest absolute Gasteiger partial charge is 0.493 e. The summed E-state index contributed by atoms with van der Waals surface area (Å²) in [5, 5.41) is 15.6. The molecule has 0 spiro atoms. The predicted molar refractivity (Wildman–Crippen MR) is 119 cm³/mol. The average molecular weight is 405 g/mol. The maximum atomic E-state index is 11.0. The third-order valence-corrected chi connectivity index (χ3v) is 6.20. The minimum absolute atomic E-state index is 0.496. The zero-order chi connectivity index (χ0) is 20.7. The normalized spacial score (nSPS) is 16.8. The highest BCUT2D eigenvalue weighted by Gasteiger charge is 2.41. The minimum Gasteiger partial charge on any atom is -0.493 e. The summed E-state index contributed by atoms with van der Waals surface area (Å²) in [6.45, 7) is 1.73. The first-order chi connectivity index (χ1) is 14.6. The number of nitrogens with one attached hydrogen (secondary N) is 1. The summed E-state index contributed by atoms with van der Waals surface area (Å²) in [5.74, 6) is 1.36. The molecule has 1 aliphatic heterocycles. The molecule has 1 aromatic heterocycles. The van der Waals surface area contributed by atoms with Crippen molar-refractivity contribution >= 4 is 22.3 Å². The fourth-order valence-electron chi connectivity index (χ4n) is 4.64. The smallest absolute Gasteiger partial charge is 0.162 e. The van der Waals surface area contributed by atoms with Crippen molar-refractivity contribution < 1.29 is 14.6 Å². The summed E-state index contributed by atoms with van der Waals surface area (Å²) in [5.41, 5.74) is 4.76. The Morgan fingerprint density at radius 3 is 2.53 bits per heavy atom. The van der Waals surface area contributed by atoms with Gasteiger partial charge in [0.1, 0.15) is 5.60 Å². The van der Waals surface area contributed by atoms with Crippen molar-refractivity contribution in [3.8, 4) is 11.5 Å². The molecule has 0 saturated carbocycles. The summed E-state index contributed by atoms with van der Waals surface area (Å²) in [4.78, 5) is 7.08. The monoisotopic (exact) mass is 405 g/mol. The summed E-state index contributed by atoms with van der Waals surface area (Å²) in [6.07, 6.45) is 3.09. The Morgan fingerprint density at radius 1 is 1.07 bits per heavy atom. The Balaban J connectivity index is 1.43. The molecule has 6 heteroatoms. The number of rotatable bonds is 6. The van der Waals surface area contributed by atoms with Crippen molar-refractivity contribution in [2.75, 3.05) is 44.1 Å². The molecule has 0 unspecified atom stereocenters. The van der Waals surface area contributed by atoms with Gasteiger partial charge in [0.2, 0.25) is 0 Å². The number of ether oxygens (including phenoxy) is 2. The highest BCUT2D eigenvalue weighted by atomic mass is 16.5. The van der Waals surface area contributed by atoms with Crippen molar-refractivity contribution in [3.05, 3.63) is 53.7 Å². The Hall–Kier alpha value is -2.99. The van der Waals surface area contributed by atoms with Crippen LogP contribution in [0.15, 0.2) is 42.5 Å². The van der Waals surface area contributed by atoms with Crippen LogP contribution in [-0.2, 0) is 12.8 Å². The van der Waals surface area contributed by atoms with E-state index < -0.39 is 5.60 Å². The number of aromatic nitrogens is 1. The maximum Gasteiger partial charge on any atom is 0.162 e. The van der Waals surface area contributed by atoms with Crippen LogP contribution in [0, 0.1) is 0 Å². The molecule has 3 aromatic rings. The quantitative estimate of drug-likeness (QED) is 0.655. The van der Waals surface area contributed by atoms with Gasteiger partial charge in [-0.05, 0) is 43.0 Å². The molecule has 30 heavy (non-hydrogen) atoms. The molecule has 0 atom stereocenters. The van der Waals surface area contributed by atoms with Crippen LogP contribution >= 0.6 is 0 Å². The molecule has 6 nitrogen and oxygen atoms in total. The molecule has 156 valence electrons. The SMILES string of the molecule is COc1cc2nc3c(c(NCC4(O)CN(c5ccccc5)C4)c2cc1OC)CCC3. The topological polar surface area (TPSA) is 66.8 Å². The standard InChI is InChI=1S/C24H27N3O3/c1-29-21-11-18-20(12-22(21)30-2)26-19-10-6-9-17(19)23(18)25-13-24(28)14-27(15-24)16-7-4-3-5-8-16/h3-5,7-8,11-12,28H,6,9-10,13-15H2,1-2H3,(H,25,26). The van der Waals surface area contributed by atoms with Gasteiger partial charge >= 0.3 is 0 Å². The van der Waals surface area contributed by atoms with Crippen LogP contribution in [0.4, 0.5) is 11.4 Å². The second-order valence-corrected chi connectivity index (χ2v) is 8.26. The van der Waals surface area contributed by atoms with E-state index in [1.54, 1.807) is 14.2 Å². The van der Waals surface area contributed by atoms with Crippen LogP contribution in [0.2, 0.25) is 0 Å². The van der Waals surface area contributed by atoms with E-state index in [0.717, 1.165) is 47.2 Å². The molecule has 0 radical (unpaired) electrons. The number of hydrogen-bond acceptors (Lipinski definition) is 6. The molecular weight excluding hydrogens is 378 g/mol. The molecular formula is C24H27N3O3. The van der Waals surface area contributed by atoms with E-state index in [-0.39, 0.29) is 0 Å². The summed E-state index contributed by atoms with van der Waals surface area (Å²) < 4.78 is 11.0. The number of aliphatic hydroxyl groups is 1. The van der Waals surface area contributed by atoms with Crippen molar-refractivity contribution in [2.45, 2.75) is 24.9 Å². The van der Waals surface area contributed by atoms with Crippen molar-refractivity contribution in [2.24, 2.45) is 0 Å². The minimum atomic E-state index is -0.756. The van der Waals surface area contributed by atoms with Gasteiger partial charge in [-0.2, -0.15) is 0 Å². The average Bonchev–Trinajstić information content (AvgIpc) is 3.22. The van der Waals surface area contributed by atoms with E-state index in [9.17, 15) is 5.11 Å². The van der Waals surface area contributed by atoms with Crippen LogP contribution < -0.4 is 19.7 Å². The number of anilines is 2. The van der Waals surface area contributed by atoms with Gasteiger partial charge in [-0.25, -0.2) is 0 Å². The number of aryl methyl sites for hydroxylation is 1. The predicted octanol–water partition coefficient (Wildman–Crippen LogP) is 3.40. The van der Waals surface area contributed by atoms with Crippen molar-refractivity contribution in [3.63, 3.8) is 0 Å². The lowest BCUT2D eigenvalue weighted by molar-refractivity contribution is 0.0250. The van der Waals surface area contributed by atoms with Gasteiger partial charge in [-0.1, -0.05) is 18.2 Å². The molecule has 1 fully saturated rings. The third-order valence-electron chi connectivity index (χ3n) is 6.20. The molecule has 2 N–H and O–H groups in total. The third kappa shape index (κ3) is 3.21. The number of pyridine rings is 1. The highest BCUT2D eigenvalue weighted by molar-refractivity contribution is 5.96. The van der Waals surface area contributed by atoms with E-state index in [0.29, 0.717) is 31.1 Å². The number of nitrogens with zero attached hydrogens (tertiary/aromatic N) is 2. The van der Waals surface area contributed by atoms with E-state index >= 15 is 0 Å². The summed E-state index contributed by atoms with van der Waals surface area (Å²) >= 11 is 0. The van der Waals surface area contributed by atoms with Crippen LogP contribution in [0.5, 0.6) is 11.5 Å². The lowest BCUT2D eigenvalue weighted by Crippen LogP contribution is -2.65. The van der Waals surface area contributed by atoms with Gasteiger partial charge in [0.05, 0.1) is 32.8 Å². The summed E-state index contributed by atoms with van der Waals surface area (Å²) in [7, 11) is 3.29. The Labute approximate surface area is 176 Å². The molecule has 1 saturated heterocycles. The molecule has 2 aromatic carbocycles. The first-order valence-corrected chi connectivity index (χ1v) is 10.4. The van der Waals surface area contributed by atoms with E-state index in [4.69, 9.17) is 14.5 Å². The van der Waals surface area contributed by atoms with E-state index in [1.165, 1.54) is 5.56 Å². The van der Waals surface area contributed by atoms with Crippen molar-refractivity contribution in [1.29, 1.82) is 0 Å². The highest BCUT2D eigenvalue weighted by Crippen LogP contribution is 2.40. The van der Waals surface area contributed by atoms with Gasteiger partial charge in [-0.3, -0.25) is 4.98 Å². The van der Waals surface area contributed by atoms with Gasteiger partial charge in [0, 0.05) is 35.1 Å². The second-order valence-electron chi connectivity index (χ2n) is 8.26. The lowest BCUT2D eigenvalue weighted by Gasteiger charge is -2.48. The van der Waals surface area contributed by atoms with Crippen LogP contribution in [0.25, 0.3) is 10.9 Å². The fraction of sp³-hybridized carbons (Fsp3) is 0.375. The van der Waals surface area contributed by atoms with Gasteiger partial charge in [0.25, 0.3) is 0 Å². The number of β-amino-alcohol motifs (C(OH)–C–C–N with tert-alkyl or cyclic N) is 1. The zero-order valence-corrected chi connectivity index (χ0v) is 17.4. The Morgan fingerprint density at radius 2 is 1.80 bits per heavy atom. The van der Waals surface area contributed by atoms with Crippen LogP contribution in [0.1, 0.15) is 17.7 Å². The van der Waals surface area contributed by atoms with Gasteiger partial charge in [-0.15, -0.1) is 0 Å². The van der Waals surface area contributed by atoms with E-state index in [2.05, 4.69) is 22.3 Å². The second kappa shape index (κ2) is 7.36. The number of hydrogen-bond donors (Lipinski definition) is 2. The molecule has 2 heterocycles. The Bertz CT molecular complexity index is 1080. The molecule has 0 amide bonds. The lowest BCUT2D eigenvalue weighted by atomic mass is 9.92. The fourth-order valence-corrected chi connectivity index (χ4v) is 4.64. The number of benzene rings is 2. The first-order valence-electron chi connectivity index (χ1n) is 10.4. The molecule has 1 aliphatic carbocycles. The number of fused-ring (bicyclic) bond motifs is 2. The molecule has 0 bridgehead atoms. The summed E-state index contributed by atoms with van der Waals surface area (Å²) in [6, 6.07) is 14.1. The van der Waals surface area contributed by atoms with Crippen molar-refractivity contribution in [1.82, 2.24) is 4.98 Å². The maximum absolute atomic E-state index is 11.0. The zero-order valence-electron chi connectivity index (χ0n) is 17.4.